The zero-order chi connectivity index (χ0) is 17.3. The van der Waals surface area contributed by atoms with E-state index in [1.165, 1.54) is 6.07 Å². The number of aromatic hydroxyl groups is 1. The van der Waals surface area contributed by atoms with Gasteiger partial charge in [0.2, 0.25) is 5.43 Å². The monoisotopic (exact) mass is 327 g/mol. The lowest BCUT2D eigenvalue weighted by atomic mass is 10.1. The van der Waals surface area contributed by atoms with Crippen LogP contribution in [-0.2, 0) is 13.0 Å². The molecule has 0 bridgehead atoms. The van der Waals surface area contributed by atoms with Gasteiger partial charge in [-0.15, -0.1) is 0 Å². The fourth-order valence-electron chi connectivity index (χ4n) is 2.68. The number of aromatic nitrogens is 1. The molecule has 0 spiro atoms. The van der Waals surface area contributed by atoms with Gasteiger partial charge in [0.05, 0.1) is 24.9 Å². The third-order valence-corrected chi connectivity index (χ3v) is 3.95. The van der Waals surface area contributed by atoms with Crippen LogP contribution in [0.1, 0.15) is 18.2 Å². The van der Waals surface area contributed by atoms with Crippen molar-refractivity contribution in [1.29, 1.82) is 0 Å². The molecule has 0 saturated heterocycles. The number of methoxy groups -OCH3 is 1. The number of nitrogens with zero attached hydrogens (tertiary/aromatic N) is 1. The summed E-state index contributed by atoms with van der Waals surface area (Å²) in [5.41, 5.74) is 0.473. The lowest BCUT2D eigenvalue weighted by Crippen LogP contribution is -2.17. The molecule has 0 atom stereocenters. The Morgan fingerprint density at radius 3 is 2.71 bits per heavy atom. The Labute approximate surface area is 137 Å². The van der Waals surface area contributed by atoms with E-state index in [-0.39, 0.29) is 12.3 Å². The summed E-state index contributed by atoms with van der Waals surface area (Å²) in [6.45, 7) is 2.04. The summed E-state index contributed by atoms with van der Waals surface area (Å²) in [4.78, 5) is 23.8. The molecule has 2 aromatic heterocycles. The predicted octanol–water partition coefficient (Wildman–Crippen LogP) is 2.28. The molecule has 6 nitrogen and oxygen atoms in total. The second-order valence-corrected chi connectivity index (χ2v) is 5.42. The lowest BCUT2D eigenvalue weighted by Gasteiger charge is -2.13. The highest BCUT2D eigenvalue weighted by atomic mass is 16.5. The van der Waals surface area contributed by atoms with Gasteiger partial charge in [0, 0.05) is 23.7 Å². The van der Waals surface area contributed by atoms with Crippen LogP contribution >= 0.6 is 0 Å². The maximum Gasteiger partial charge on any atom is 0.341 e. The number of hydrogen-bond acceptors (Lipinski definition) is 5. The molecule has 0 aliphatic heterocycles. The van der Waals surface area contributed by atoms with Crippen LogP contribution in [0.15, 0.2) is 50.5 Å². The van der Waals surface area contributed by atoms with Gasteiger partial charge in [-0.1, -0.05) is 6.92 Å². The van der Waals surface area contributed by atoms with E-state index < -0.39 is 11.1 Å². The van der Waals surface area contributed by atoms with E-state index in [1.54, 1.807) is 36.1 Å². The van der Waals surface area contributed by atoms with Crippen LogP contribution in [-0.4, -0.2) is 16.8 Å². The minimum absolute atomic E-state index is 0.210. The summed E-state index contributed by atoms with van der Waals surface area (Å²) in [6.07, 6.45) is 2.04. The third-order valence-electron chi connectivity index (χ3n) is 3.95. The van der Waals surface area contributed by atoms with E-state index in [2.05, 4.69) is 0 Å². The molecule has 6 heteroatoms. The Hall–Kier alpha value is -3.02. The topological polar surface area (TPSA) is 81.7 Å². The summed E-state index contributed by atoms with van der Waals surface area (Å²) >= 11 is 0. The first-order valence-electron chi connectivity index (χ1n) is 7.55. The van der Waals surface area contributed by atoms with Gasteiger partial charge >= 0.3 is 5.63 Å². The van der Waals surface area contributed by atoms with Crippen molar-refractivity contribution in [1.82, 2.24) is 4.57 Å². The van der Waals surface area contributed by atoms with Crippen LogP contribution < -0.4 is 15.8 Å². The maximum absolute atomic E-state index is 12.2. The summed E-state index contributed by atoms with van der Waals surface area (Å²) in [6, 6.07) is 8.28. The maximum atomic E-state index is 12.2. The van der Waals surface area contributed by atoms with Crippen LogP contribution in [0.4, 0.5) is 0 Å². The minimum atomic E-state index is -0.462. The van der Waals surface area contributed by atoms with E-state index >= 15 is 0 Å². The quantitative estimate of drug-likeness (QED) is 0.744. The van der Waals surface area contributed by atoms with Crippen molar-refractivity contribution in [2.75, 3.05) is 7.11 Å². The molecule has 3 aromatic rings. The van der Waals surface area contributed by atoms with Gasteiger partial charge in [-0.05, 0) is 24.6 Å². The van der Waals surface area contributed by atoms with Gasteiger partial charge in [0.25, 0.3) is 0 Å². The standard InChI is InChI=1S/C18H17NO5/c1-3-14-17(21)15(20)6-7-19(14)10-12-8-11-4-5-13(23-2)9-16(11)24-18(12)22/h4-9,21H,3,10H2,1-2H3. The minimum Gasteiger partial charge on any atom is -0.503 e. The zero-order valence-electron chi connectivity index (χ0n) is 13.4. The van der Waals surface area contributed by atoms with Crippen LogP contribution in [0.3, 0.4) is 0 Å². The molecule has 2 heterocycles. The van der Waals surface area contributed by atoms with Crippen molar-refractivity contribution in [3.63, 3.8) is 0 Å². The number of pyridine rings is 1. The molecule has 124 valence electrons. The van der Waals surface area contributed by atoms with Gasteiger partial charge in [-0.2, -0.15) is 0 Å². The molecule has 24 heavy (non-hydrogen) atoms. The average Bonchev–Trinajstić information content (AvgIpc) is 2.58. The molecule has 0 unspecified atom stereocenters. The molecule has 1 N–H and O–H groups in total. The lowest BCUT2D eigenvalue weighted by molar-refractivity contribution is 0.414. The van der Waals surface area contributed by atoms with Crippen molar-refractivity contribution in [3.05, 3.63) is 68.4 Å². The molecule has 0 aliphatic carbocycles. The molecular weight excluding hydrogens is 310 g/mol. The van der Waals surface area contributed by atoms with E-state index in [1.807, 2.05) is 13.0 Å². The van der Waals surface area contributed by atoms with Crippen LogP contribution in [0.2, 0.25) is 0 Å². The van der Waals surface area contributed by atoms with E-state index in [0.29, 0.717) is 29.0 Å². The highest BCUT2D eigenvalue weighted by Gasteiger charge is 2.12. The Morgan fingerprint density at radius 2 is 2.00 bits per heavy atom. The fraction of sp³-hybridized carbons (Fsp3) is 0.222. The highest BCUT2D eigenvalue weighted by molar-refractivity contribution is 5.78. The van der Waals surface area contributed by atoms with Crippen molar-refractivity contribution in [2.45, 2.75) is 19.9 Å². The Kier molecular flexibility index (Phi) is 4.12. The average molecular weight is 327 g/mol. The van der Waals surface area contributed by atoms with Crippen LogP contribution in [0, 0.1) is 0 Å². The molecule has 0 fully saturated rings. The third kappa shape index (κ3) is 2.78. The Balaban J connectivity index is 2.08. The second kappa shape index (κ2) is 6.23. The first-order chi connectivity index (χ1) is 11.5. The number of ether oxygens (including phenoxy) is 1. The number of benzene rings is 1. The number of fused-ring (bicyclic) bond motifs is 1. The first kappa shape index (κ1) is 15.9. The van der Waals surface area contributed by atoms with Gasteiger partial charge in [0.15, 0.2) is 5.75 Å². The molecule has 0 amide bonds. The molecule has 3 rings (SSSR count). The SMILES string of the molecule is CCc1c(O)c(=O)ccn1Cc1cc2ccc(OC)cc2oc1=O. The number of rotatable bonds is 4. The Morgan fingerprint density at radius 1 is 1.21 bits per heavy atom. The predicted molar refractivity (Wildman–Crippen MR) is 89.9 cm³/mol. The molecule has 0 radical (unpaired) electrons. The van der Waals surface area contributed by atoms with E-state index in [4.69, 9.17) is 9.15 Å². The largest absolute Gasteiger partial charge is 0.503 e. The first-order valence-corrected chi connectivity index (χ1v) is 7.55. The molecular formula is C18H17NO5. The summed E-state index contributed by atoms with van der Waals surface area (Å²) < 4.78 is 12.2. The van der Waals surface area contributed by atoms with Gasteiger partial charge in [-0.25, -0.2) is 4.79 Å². The van der Waals surface area contributed by atoms with Gasteiger partial charge in [0.1, 0.15) is 11.3 Å². The number of hydrogen-bond donors (Lipinski definition) is 1. The molecule has 1 aromatic carbocycles. The van der Waals surface area contributed by atoms with E-state index in [0.717, 1.165) is 5.39 Å². The van der Waals surface area contributed by atoms with Crippen molar-refractivity contribution < 1.29 is 14.3 Å². The van der Waals surface area contributed by atoms with Gasteiger partial charge in [-0.3, -0.25) is 4.79 Å². The smallest absolute Gasteiger partial charge is 0.341 e. The highest BCUT2D eigenvalue weighted by Crippen LogP contribution is 2.21. The van der Waals surface area contributed by atoms with Gasteiger partial charge < -0.3 is 18.8 Å². The summed E-state index contributed by atoms with van der Waals surface area (Å²) in [5.74, 6) is 0.326. The zero-order valence-corrected chi connectivity index (χ0v) is 13.4. The van der Waals surface area contributed by atoms with Crippen LogP contribution in [0.5, 0.6) is 11.5 Å². The summed E-state index contributed by atoms with van der Waals surface area (Å²) in [7, 11) is 1.54. The molecule has 0 saturated carbocycles. The van der Waals surface area contributed by atoms with Crippen molar-refractivity contribution >= 4 is 11.0 Å². The van der Waals surface area contributed by atoms with E-state index in [9.17, 15) is 14.7 Å². The van der Waals surface area contributed by atoms with Crippen molar-refractivity contribution in [3.8, 4) is 11.5 Å². The molecule has 0 aliphatic rings. The summed E-state index contributed by atoms with van der Waals surface area (Å²) in [5, 5.41) is 10.7. The fourth-order valence-corrected chi connectivity index (χ4v) is 2.68. The van der Waals surface area contributed by atoms with Crippen molar-refractivity contribution in [2.24, 2.45) is 0 Å². The normalized spacial score (nSPS) is 10.9. The van der Waals surface area contributed by atoms with Crippen LogP contribution in [0.25, 0.3) is 11.0 Å². The Bertz CT molecular complexity index is 1020. The second-order valence-electron chi connectivity index (χ2n) is 5.42.